The lowest BCUT2D eigenvalue weighted by Crippen LogP contribution is -2.49. The zero-order chi connectivity index (χ0) is 12.7. The van der Waals surface area contributed by atoms with Crippen LogP contribution in [-0.4, -0.2) is 0 Å². The Balaban J connectivity index is 1.88. The molecule has 0 saturated heterocycles. The molecule has 8 atom stereocenters. The molecule has 0 spiro atoms. The van der Waals surface area contributed by atoms with Crippen molar-refractivity contribution in [2.75, 3.05) is 0 Å². The van der Waals surface area contributed by atoms with Crippen LogP contribution in [-0.2, 0) is 0 Å². The second-order valence-electron chi connectivity index (χ2n) is 7.18. The van der Waals surface area contributed by atoms with Gasteiger partial charge < -0.3 is 0 Å². The van der Waals surface area contributed by atoms with Gasteiger partial charge in [0.15, 0.2) is 0 Å². The van der Waals surface area contributed by atoms with E-state index in [1.54, 1.807) is 0 Å². The van der Waals surface area contributed by atoms with Gasteiger partial charge in [0.2, 0.25) is 0 Å². The van der Waals surface area contributed by atoms with Crippen LogP contribution >= 0.6 is 0 Å². The molecule has 2 heteroatoms. The van der Waals surface area contributed by atoms with Gasteiger partial charge >= 0.3 is 0 Å². The lowest BCUT2D eigenvalue weighted by molar-refractivity contribution is 0.0169. The zero-order valence-electron chi connectivity index (χ0n) is 10.9. The molecule has 2 nitrogen and oxygen atoms in total. The summed E-state index contributed by atoms with van der Waals surface area (Å²) in [6.45, 7) is 4.10. The molecule has 0 heterocycles. The van der Waals surface area contributed by atoms with Gasteiger partial charge in [0.05, 0.1) is 23.0 Å². The summed E-state index contributed by atoms with van der Waals surface area (Å²) in [6, 6.07) is 5.08. The summed E-state index contributed by atoms with van der Waals surface area (Å²) in [5, 5.41) is 19.4. The molecule has 0 amide bonds. The van der Waals surface area contributed by atoms with Gasteiger partial charge in [-0.1, -0.05) is 12.2 Å². The van der Waals surface area contributed by atoms with Crippen molar-refractivity contribution in [3.63, 3.8) is 0 Å². The Hall–Kier alpha value is -1.28. The van der Waals surface area contributed by atoms with E-state index >= 15 is 0 Å². The number of hydrogen-bond acceptors (Lipinski definition) is 2. The fraction of sp³-hybridized carbons (Fsp3) is 0.750. The van der Waals surface area contributed by atoms with Crippen molar-refractivity contribution in [3.05, 3.63) is 12.2 Å². The van der Waals surface area contributed by atoms with Crippen LogP contribution in [0.5, 0.6) is 0 Å². The Morgan fingerprint density at radius 2 is 1.33 bits per heavy atom. The van der Waals surface area contributed by atoms with Crippen molar-refractivity contribution < 1.29 is 0 Å². The lowest BCUT2D eigenvalue weighted by Gasteiger charge is -2.48. The second-order valence-corrected chi connectivity index (χ2v) is 7.18. The molecule has 4 bridgehead atoms. The highest BCUT2D eigenvalue weighted by atomic mass is 14.8. The Labute approximate surface area is 108 Å². The molecule has 3 fully saturated rings. The molecule has 4 aliphatic rings. The van der Waals surface area contributed by atoms with E-state index in [1.165, 1.54) is 6.42 Å². The quantitative estimate of drug-likeness (QED) is 0.481. The van der Waals surface area contributed by atoms with Crippen LogP contribution in [0, 0.1) is 69.0 Å². The predicted octanol–water partition coefficient (Wildman–Crippen LogP) is 3.13. The maximum Gasteiger partial charge on any atom is 0.0763 e. The lowest BCUT2D eigenvalue weighted by atomic mass is 9.52. The first-order valence-electron chi connectivity index (χ1n) is 7.07. The summed E-state index contributed by atoms with van der Waals surface area (Å²) in [4.78, 5) is 0. The number of fused-ring (bicyclic) bond motifs is 9. The Kier molecular flexibility index (Phi) is 1.67. The van der Waals surface area contributed by atoms with Crippen LogP contribution in [0.2, 0.25) is 0 Å². The van der Waals surface area contributed by atoms with E-state index in [1.807, 2.05) is 13.8 Å². The Bertz CT molecular complexity index is 490. The number of allylic oxidation sites excluding steroid dienone is 2. The molecular formula is C16H18N2. The predicted molar refractivity (Wildman–Crippen MR) is 66.8 cm³/mol. The average Bonchev–Trinajstić information content (AvgIpc) is 3.09. The van der Waals surface area contributed by atoms with Gasteiger partial charge in [0.1, 0.15) is 0 Å². The summed E-state index contributed by atoms with van der Waals surface area (Å²) in [6.07, 6.45) is 7.16. The minimum atomic E-state index is -0.439. The molecule has 4 aliphatic carbocycles. The summed E-state index contributed by atoms with van der Waals surface area (Å²) < 4.78 is 0. The molecule has 3 saturated carbocycles. The maximum absolute atomic E-state index is 9.69. The Morgan fingerprint density at radius 3 is 1.72 bits per heavy atom. The van der Waals surface area contributed by atoms with Gasteiger partial charge in [-0.3, -0.25) is 0 Å². The SMILES string of the molecule is CC1(C#N)C2CC(C3C4C=CC(C4)C32)C1(C)C#N. The van der Waals surface area contributed by atoms with E-state index in [9.17, 15) is 10.5 Å². The van der Waals surface area contributed by atoms with Crippen molar-refractivity contribution in [1.82, 2.24) is 0 Å². The number of hydrogen-bond donors (Lipinski definition) is 0. The highest BCUT2D eigenvalue weighted by Gasteiger charge is 2.74. The maximum atomic E-state index is 9.69. The van der Waals surface area contributed by atoms with E-state index in [0.29, 0.717) is 35.5 Å². The average molecular weight is 238 g/mol. The van der Waals surface area contributed by atoms with Crippen molar-refractivity contribution in [2.24, 2.45) is 46.3 Å². The van der Waals surface area contributed by atoms with Crippen LogP contribution in [0.3, 0.4) is 0 Å². The molecule has 4 rings (SSSR count). The molecule has 0 aliphatic heterocycles. The second kappa shape index (κ2) is 2.83. The van der Waals surface area contributed by atoms with E-state index in [0.717, 1.165) is 6.42 Å². The monoisotopic (exact) mass is 238 g/mol. The smallest absolute Gasteiger partial charge is 0.0763 e. The molecule has 18 heavy (non-hydrogen) atoms. The summed E-state index contributed by atoms with van der Waals surface area (Å²) >= 11 is 0. The first-order chi connectivity index (χ1) is 8.56. The van der Waals surface area contributed by atoms with Crippen LogP contribution in [0.1, 0.15) is 26.7 Å². The van der Waals surface area contributed by atoms with Crippen molar-refractivity contribution in [2.45, 2.75) is 26.7 Å². The third kappa shape index (κ3) is 0.804. The fourth-order valence-corrected chi connectivity index (χ4v) is 6.03. The number of nitrogens with zero attached hydrogens (tertiary/aromatic N) is 2. The van der Waals surface area contributed by atoms with Gasteiger partial charge in [0.25, 0.3) is 0 Å². The largest absolute Gasteiger partial charge is 0.198 e. The third-order valence-electron chi connectivity index (χ3n) is 7.05. The number of nitriles is 2. The van der Waals surface area contributed by atoms with Crippen LogP contribution in [0.25, 0.3) is 0 Å². The van der Waals surface area contributed by atoms with Crippen molar-refractivity contribution in [3.8, 4) is 12.1 Å². The standard InChI is InChI=1S/C16H18N2/c1-15(7-17)11-6-12(16(15,2)8-18)14-10-4-3-9(5-10)13(11)14/h3-4,9-14H,5-6H2,1-2H3. The molecule has 8 unspecified atom stereocenters. The highest BCUT2D eigenvalue weighted by molar-refractivity contribution is 5.33. The van der Waals surface area contributed by atoms with E-state index in [-0.39, 0.29) is 0 Å². The van der Waals surface area contributed by atoms with Crippen molar-refractivity contribution >= 4 is 0 Å². The van der Waals surface area contributed by atoms with Gasteiger partial charge in [-0.25, -0.2) is 0 Å². The highest BCUT2D eigenvalue weighted by Crippen LogP contribution is 2.75. The minimum absolute atomic E-state index is 0.439. The van der Waals surface area contributed by atoms with E-state index in [2.05, 4.69) is 24.3 Å². The topological polar surface area (TPSA) is 47.6 Å². The minimum Gasteiger partial charge on any atom is -0.198 e. The summed E-state index contributed by atoms with van der Waals surface area (Å²) in [7, 11) is 0. The zero-order valence-corrected chi connectivity index (χ0v) is 10.9. The third-order valence-corrected chi connectivity index (χ3v) is 7.05. The first-order valence-corrected chi connectivity index (χ1v) is 7.07. The molecular weight excluding hydrogens is 220 g/mol. The molecule has 0 aromatic carbocycles. The van der Waals surface area contributed by atoms with Gasteiger partial charge in [-0.05, 0) is 62.2 Å². The first kappa shape index (κ1) is 10.6. The normalized spacial score (nSPS) is 62.7. The molecule has 0 radical (unpaired) electrons. The van der Waals surface area contributed by atoms with Gasteiger partial charge in [0, 0.05) is 0 Å². The van der Waals surface area contributed by atoms with Crippen LogP contribution in [0.4, 0.5) is 0 Å². The molecule has 0 aromatic rings. The van der Waals surface area contributed by atoms with E-state index in [4.69, 9.17) is 0 Å². The summed E-state index contributed by atoms with van der Waals surface area (Å²) in [5.74, 6) is 3.67. The van der Waals surface area contributed by atoms with Crippen molar-refractivity contribution in [1.29, 1.82) is 10.5 Å². The van der Waals surface area contributed by atoms with E-state index < -0.39 is 10.8 Å². The molecule has 92 valence electrons. The van der Waals surface area contributed by atoms with Gasteiger partial charge in [-0.15, -0.1) is 0 Å². The van der Waals surface area contributed by atoms with Crippen LogP contribution in [0.15, 0.2) is 12.2 Å². The fourth-order valence-electron chi connectivity index (χ4n) is 6.03. The summed E-state index contributed by atoms with van der Waals surface area (Å²) in [5.41, 5.74) is -0.877. The molecule has 0 aromatic heterocycles. The van der Waals surface area contributed by atoms with Crippen LogP contribution < -0.4 is 0 Å². The molecule has 0 N–H and O–H groups in total. The van der Waals surface area contributed by atoms with Gasteiger partial charge in [-0.2, -0.15) is 10.5 Å². The number of rotatable bonds is 0. The Morgan fingerprint density at radius 1 is 0.889 bits per heavy atom.